The van der Waals surface area contributed by atoms with Gasteiger partial charge in [0.1, 0.15) is 5.75 Å². The maximum atomic E-state index is 12.6. The Balaban J connectivity index is 1.71. The number of aromatic nitrogens is 2. The maximum Gasteiger partial charge on any atom is 0.254 e. The summed E-state index contributed by atoms with van der Waals surface area (Å²) < 4.78 is 5.21. The number of aryl methyl sites for hydroxylation is 1. The first-order chi connectivity index (χ1) is 14.0. The largest absolute Gasteiger partial charge is 0.497 e. The Hall–Kier alpha value is -2.96. The molecule has 2 amide bonds. The van der Waals surface area contributed by atoms with Gasteiger partial charge in [-0.1, -0.05) is 19.1 Å². The number of likely N-dealkylation sites (tertiary alicyclic amines) is 1. The fraction of sp³-hybridized carbons (Fsp3) is 0.455. The van der Waals surface area contributed by atoms with Crippen LogP contribution in [0.2, 0.25) is 0 Å². The van der Waals surface area contributed by atoms with Crippen LogP contribution in [0, 0.1) is 6.92 Å². The van der Waals surface area contributed by atoms with Crippen LogP contribution in [0.25, 0.3) is 0 Å². The van der Waals surface area contributed by atoms with Gasteiger partial charge in [-0.25, -0.2) is 9.97 Å². The second-order valence-electron chi connectivity index (χ2n) is 7.21. The quantitative estimate of drug-likeness (QED) is 0.811. The number of nitrogens with one attached hydrogen (secondary N) is 1. The second kappa shape index (κ2) is 9.49. The van der Waals surface area contributed by atoms with Crippen molar-refractivity contribution in [2.24, 2.45) is 0 Å². The Bertz CT molecular complexity index is 884. The van der Waals surface area contributed by atoms with Crippen molar-refractivity contribution < 1.29 is 14.3 Å². The molecule has 0 aliphatic carbocycles. The lowest BCUT2D eigenvalue weighted by atomic mass is 10.0. The lowest BCUT2D eigenvalue weighted by Crippen LogP contribution is -2.39. The van der Waals surface area contributed by atoms with E-state index < -0.39 is 0 Å². The van der Waals surface area contributed by atoms with E-state index in [1.807, 2.05) is 36.1 Å². The van der Waals surface area contributed by atoms with Crippen LogP contribution >= 0.6 is 0 Å². The van der Waals surface area contributed by atoms with Gasteiger partial charge in [0, 0.05) is 25.7 Å². The van der Waals surface area contributed by atoms with E-state index in [1.165, 1.54) is 0 Å². The topological polar surface area (TPSA) is 84.4 Å². The van der Waals surface area contributed by atoms with Crippen molar-refractivity contribution in [1.29, 1.82) is 0 Å². The smallest absolute Gasteiger partial charge is 0.254 e. The summed E-state index contributed by atoms with van der Waals surface area (Å²) in [5.74, 6) is 1.27. The average Bonchev–Trinajstić information content (AvgIpc) is 2.77. The normalized spacial score (nSPS) is 16.4. The van der Waals surface area contributed by atoms with Crippen molar-refractivity contribution in [1.82, 2.24) is 20.2 Å². The first-order valence-corrected chi connectivity index (χ1v) is 10.1. The van der Waals surface area contributed by atoms with Gasteiger partial charge >= 0.3 is 0 Å². The SMILES string of the molecule is CCC(=O)N1CCCCC1c1ncc(C(=O)NCc2cccc(OC)c2)c(C)n1. The van der Waals surface area contributed by atoms with Crippen molar-refractivity contribution in [2.45, 2.75) is 52.1 Å². The molecule has 2 heterocycles. The fourth-order valence-corrected chi connectivity index (χ4v) is 3.63. The molecule has 3 rings (SSSR count). The van der Waals surface area contributed by atoms with Gasteiger partial charge in [0.25, 0.3) is 5.91 Å². The van der Waals surface area contributed by atoms with E-state index in [2.05, 4.69) is 15.3 Å². The number of benzene rings is 1. The molecule has 7 nitrogen and oxygen atoms in total. The summed E-state index contributed by atoms with van der Waals surface area (Å²) in [6.07, 6.45) is 4.95. The van der Waals surface area contributed by atoms with E-state index in [9.17, 15) is 9.59 Å². The number of carbonyl (C=O) groups excluding carboxylic acids is 2. The molecular weight excluding hydrogens is 368 g/mol. The molecule has 1 aliphatic rings. The highest BCUT2D eigenvalue weighted by molar-refractivity contribution is 5.94. The van der Waals surface area contributed by atoms with Gasteiger partial charge in [0.15, 0.2) is 5.82 Å². The Morgan fingerprint density at radius 3 is 2.86 bits per heavy atom. The van der Waals surface area contributed by atoms with Gasteiger partial charge in [-0.05, 0) is 43.9 Å². The van der Waals surface area contributed by atoms with Gasteiger partial charge in [-0.3, -0.25) is 9.59 Å². The van der Waals surface area contributed by atoms with Gasteiger partial charge in [-0.2, -0.15) is 0 Å². The van der Waals surface area contributed by atoms with Gasteiger partial charge in [0.05, 0.1) is 24.4 Å². The number of hydrogen-bond donors (Lipinski definition) is 1. The Labute approximate surface area is 171 Å². The molecule has 0 saturated carbocycles. The molecule has 1 atom stereocenters. The van der Waals surface area contributed by atoms with Crippen molar-refractivity contribution in [3.05, 3.63) is 53.1 Å². The molecule has 154 valence electrons. The number of piperidine rings is 1. The van der Waals surface area contributed by atoms with Gasteiger partial charge in [0.2, 0.25) is 5.91 Å². The standard InChI is InChI=1S/C22H28N4O3/c1-4-20(27)26-11-6-5-10-19(26)21-23-14-18(15(2)25-21)22(28)24-13-16-8-7-9-17(12-16)29-3/h7-9,12,14,19H,4-6,10-11,13H2,1-3H3,(H,24,28). The van der Waals surface area contributed by atoms with Crippen molar-refractivity contribution in [3.63, 3.8) is 0 Å². The molecule has 29 heavy (non-hydrogen) atoms. The van der Waals surface area contributed by atoms with Crippen LogP contribution < -0.4 is 10.1 Å². The third-order valence-corrected chi connectivity index (χ3v) is 5.25. The van der Waals surface area contributed by atoms with Crippen molar-refractivity contribution in [2.75, 3.05) is 13.7 Å². The van der Waals surface area contributed by atoms with Crippen LogP contribution in [0.5, 0.6) is 5.75 Å². The fourth-order valence-electron chi connectivity index (χ4n) is 3.63. The minimum atomic E-state index is -0.220. The summed E-state index contributed by atoms with van der Waals surface area (Å²) in [7, 11) is 1.61. The van der Waals surface area contributed by atoms with Crippen LogP contribution in [0.3, 0.4) is 0 Å². The number of ether oxygens (including phenoxy) is 1. The molecule has 1 aromatic heterocycles. The van der Waals surface area contributed by atoms with E-state index >= 15 is 0 Å². The van der Waals surface area contributed by atoms with Crippen molar-refractivity contribution in [3.8, 4) is 5.75 Å². The lowest BCUT2D eigenvalue weighted by molar-refractivity contribution is -0.134. The maximum absolute atomic E-state index is 12.6. The molecule has 1 aromatic carbocycles. The minimum absolute atomic E-state index is 0.108. The van der Waals surface area contributed by atoms with Gasteiger partial charge < -0.3 is 15.0 Å². The zero-order valence-corrected chi connectivity index (χ0v) is 17.3. The average molecular weight is 396 g/mol. The van der Waals surface area contributed by atoms with Crippen LogP contribution in [0.4, 0.5) is 0 Å². The first kappa shape index (κ1) is 20.8. The van der Waals surface area contributed by atoms with Crippen LogP contribution in [-0.4, -0.2) is 40.3 Å². The van der Waals surface area contributed by atoms with Crippen LogP contribution in [0.15, 0.2) is 30.5 Å². The third kappa shape index (κ3) is 4.91. The zero-order valence-electron chi connectivity index (χ0n) is 17.3. The van der Waals surface area contributed by atoms with Gasteiger partial charge in [-0.15, -0.1) is 0 Å². The molecule has 2 aromatic rings. The molecule has 1 fully saturated rings. The molecule has 0 radical (unpaired) electrons. The molecule has 0 bridgehead atoms. The summed E-state index contributed by atoms with van der Waals surface area (Å²) >= 11 is 0. The third-order valence-electron chi connectivity index (χ3n) is 5.25. The van der Waals surface area contributed by atoms with E-state index in [-0.39, 0.29) is 17.9 Å². The predicted octanol–water partition coefficient (Wildman–Crippen LogP) is 3.19. The Kier molecular flexibility index (Phi) is 6.80. The summed E-state index contributed by atoms with van der Waals surface area (Å²) in [6, 6.07) is 7.45. The second-order valence-corrected chi connectivity index (χ2v) is 7.21. The number of nitrogens with zero attached hydrogens (tertiary/aromatic N) is 3. The van der Waals surface area contributed by atoms with E-state index in [1.54, 1.807) is 20.2 Å². The first-order valence-electron chi connectivity index (χ1n) is 10.1. The number of rotatable bonds is 6. The summed E-state index contributed by atoms with van der Waals surface area (Å²) in [4.78, 5) is 35.8. The van der Waals surface area contributed by atoms with Crippen LogP contribution in [-0.2, 0) is 11.3 Å². The highest BCUT2D eigenvalue weighted by Crippen LogP contribution is 2.29. The van der Waals surface area contributed by atoms with Crippen LogP contribution in [0.1, 0.15) is 66.1 Å². The Morgan fingerprint density at radius 1 is 1.31 bits per heavy atom. The lowest BCUT2D eigenvalue weighted by Gasteiger charge is -2.34. The zero-order chi connectivity index (χ0) is 20.8. The number of hydrogen-bond acceptors (Lipinski definition) is 5. The van der Waals surface area contributed by atoms with E-state index in [4.69, 9.17) is 4.74 Å². The molecule has 1 unspecified atom stereocenters. The summed E-state index contributed by atoms with van der Waals surface area (Å²) in [6.45, 7) is 4.80. The minimum Gasteiger partial charge on any atom is -0.497 e. The van der Waals surface area contributed by atoms with E-state index in [0.717, 1.165) is 37.1 Å². The summed E-state index contributed by atoms with van der Waals surface area (Å²) in [5.41, 5.74) is 2.01. The highest BCUT2D eigenvalue weighted by Gasteiger charge is 2.29. The molecule has 7 heteroatoms. The van der Waals surface area contributed by atoms with E-state index in [0.29, 0.717) is 30.0 Å². The predicted molar refractivity (Wildman–Crippen MR) is 110 cm³/mol. The molecule has 1 aliphatic heterocycles. The molecule has 0 spiro atoms. The molecule has 1 saturated heterocycles. The van der Waals surface area contributed by atoms with Crippen molar-refractivity contribution >= 4 is 11.8 Å². The Morgan fingerprint density at radius 2 is 2.14 bits per heavy atom. The number of amides is 2. The monoisotopic (exact) mass is 396 g/mol. The molecule has 1 N–H and O–H groups in total. The number of methoxy groups -OCH3 is 1. The summed E-state index contributed by atoms with van der Waals surface area (Å²) in [5, 5.41) is 2.90. The highest BCUT2D eigenvalue weighted by atomic mass is 16.5. The number of carbonyl (C=O) groups is 2. The molecular formula is C22H28N4O3.